The zero-order valence-corrected chi connectivity index (χ0v) is 18.9. The van der Waals surface area contributed by atoms with E-state index < -0.39 is 0 Å². The number of aromatic nitrogens is 2. The first-order valence-electron chi connectivity index (χ1n) is 11.0. The largest absolute Gasteiger partial charge is 0.494 e. The van der Waals surface area contributed by atoms with Gasteiger partial charge in [-0.05, 0) is 54.2 Å². The molecule has 2 aromatic carbocycles. The quantitative estimate of drug-likeness (QED) is 0.370. The van der Waals surface area contributed by atoms with E-state index in [1.54, 1.807) is 0 Å². The van der Waals surface area contributed by atoms with Gasteiger partial charge >= 0.3 is 0 Å². The van der Waals surface area contributed by atoms with E-state index in [-0.39, 0.29) is 11.3 Å². The Morgan fingerprint density at radius 1 is 1.13 bits per heavy atom. The third-order valence-electron chi connectivity index (χ3n) is 5.33. The van der Waals surface area contributed by atoms with Crippen LogP contribution in [0.3, 0.4) is 0 Å². The maximum atomic E-state index is 11.4. The molecule has 1 N–H and O–H groups in total. The van der Waals surface area contributed by atoms with Crippen LogP contribution >= 0.6 is 0 Å². The molecule has 0 aliphatic carbocycles. The van der Waals surface area contributed by atoms with Crippen molar-refractivity contribution in [1.82, 2.24) is 14.9 Å². The first-order valence-corrected chi connectivity index (χ1v) is 11.0. The Kier molecular flexibility index (Phi) is 7.50. The van der Waals surface area contributed by atoms with Gasteiger partial charge in [0.2, 0.25) is 5.91 Å². The van der Waals surface area contributed by atoms with E-state index in [0.717, 1.165) is 42.0 Å². The van der Waals surface area contributed by atoms with Crippen molar-refractivity contribution in [3.05, 3.63) is 72.6 Å². The number of fused-ring (bicyclic) bond motifs is 1. The number of nitrogens with one attached hydrogen (secondary N) is 1. The van der Waals surface area contributed by atoms with Crippen molar-refractivity contribution in [1.29, 1.82) is 0 Å². The number of carbonyl (C=O) groups is 1. The Labute approximate surface area is 185 Å². The highest BCUT2D eigenvalue weighted by atomic mass is 16.5. The average molecular weight is 420 g/mol. The summed E-state index contributed by atoms with van der Waals surface area (Å²) in [5.41, 5.74) is 3.58. The molecule has 1 amide bonds. The molecule has 0 saturated carbocycles. The van der Waals surface area contributed by atoms with Crippen molar-refractivity contribution in [2.75, 3.05) is 13.2 Å². The highest BCUT2D eigenvalue weighted by Crippen LogP contribution is 2.24. The number of nitrogens with zero attached hydrogens (tertiary/aromatic N) is 2. The topological polar surface area (TPSA) is 56.2 Å². The van der Waals surface area contributed by atoms with Crippen LogP contribution in [-0.2, 0) is 23.2 Å². The maximum Gasteiger partial charge on any atom is 0.243 e. The zero-order chi connectivity index (χ0) is 22.3. The predicted molar refractivity (Wildman–Crippen MR) is 127 cm³/mol. The van der Waals surface area contributed by atoms with Crippen LogP contribution < -0.4 is 10.1 Å². The number of benzene rings is 2. The minimum atomic E-state index is -0.157. The number of imidazole rings is 1. The summed E-state index contributed by atoms with van der Waals surface area (Å²) in [5.74, 6) is 1.75. The minimum absolute atomic E-state index is 0.151. The smallest absolute Gasteiger partial charge is 0.243 e. The first kappa shape index (κ1) is 22.6. The third kappa shape index (κ3) is 6.20. The number of hydrogen-bond acceptors (Lipinski definition) is 3. The molecule has 0 fully saturated rings. The van der Waals surface area contributed by atoms with Gasteiger partial charge in [-0.1, -0.05) is 51.6 Å². The van der Waals surface area contributed by atoms with Gasteiger partial charge in [0.1, 0.15) is 11.6 Å². The molecule has 164 valence electrons. The van der Waals surface area contributed by atoms with Gasteiger partial charge < -0.3 is 14.6 Å². The number of unbranched alkanes of at least 4 members (excludes halogenated alkanes) is 1. The van der Waals surface area contributed by atoms with Gasteiger partial charge in [-0.25, -0.2) is 4.98 Å². The molecule has 3 aromatic rings. The van der Waals surface area contributed by atoms with Gasteiger partial charge in [-0.2, -0.15) is 0 Å². The molecular weight excluding hydrogens is 386 g/mol. The number of hydrogen-bond donors (Lipinski definition) is 1. The molecule has 0 aliphatic heterocycles. The fourth-order valence-electron chi connectivity index (χ4n) is 3.55. The Morgan fingerprint density at radius 2 is 1.87 bits per heavy atom. The lowest BCUT2D eigenvalue weighted by Gasteiger charge is -2.19. The second kappa shape index (κ2) is 10.3. The molecule has 0 spiro atoms. The van der Waals surface area contributed by atoms with Crippen molar-refractivity contribution in [3.63, 3.8) is 0 Å². The molecule has 1 aromatic heterocycles. The van der Waals surface area contributed by atoms with Crippen LogP contribution in [-0.4, -0.2) is 28.6 Å². The summed E-state index contributed by atoms with van der Waals surface area (Å²) in [7, 11) is 0. The molecule has 0 aliphatic rings. The van der Waals surface area contributed by atoms with Gasteiger partial charge in [0.05, 0.1) is 17.6 Å². The molecule has 31 heavy (non-hydrogen) atoms. The Hall–Kier alpha value is -3.08. The summed E-state index contributed by atoms with van der Waals surface area (Å²) in [5, 5.41) is 2.83. The Balaban J connectivity index is 1.53. The number of aryl methyl sites for hydroxylation is 1. The van der Waals surface area contributed by atoms with Gasteiger partial charge in [-0.3, -0.25) is 4.79 Å². The lowest BCUT2D eigenvalue weighted by atomic mass is 9.87. The fraction of sp³-hybridized carbons (Fsp3) is 0.385. The van der Waals surface area contributed by atoms with E-state index in [1.165, 1.54) is 11.6 Å². The van der Waals surface area contributed by atoms with Gasteiger partial charge in [0, 0.05) is 19.5 Å². The van der Waals surface area contributed by atoms with E-state index in [1.807, 2.05) is 18.2 Å². The SMILES string of the molecule is C=CC(=O)NCCc1nc2ccccc2n1CCCCOc1ccc(C(C)(C)C)cc1. The molecule has 5 heteroatoms. The number of para-hydroxylation sites is 2. The van der Waals surface area contributed by atoms with E-state index >= 15 is 0 Å². The zero-order valence-electron chi connectivity index (χ0n) is 18.9. The van der Waals surface area contributed by atoms with E-state index in [2.05, 4.69) is 67.6 Å². The normalized spacial score (nSPS) is 11.5. The lowest BCUT2D eigenvalue weighted by Crippen LogP contribution is -2.24. The molecule has 0 saturated heterocycles. The second-order valence-electron chi connectivity index (χ2n) is 8.74. The highest BCUT2D eigenvalue weighted by Gasteiger charge is 2.13. The Bertz CT molecular complexity index is 1010. The molecule has 0 bridgehead atoms. The monoisotopic (exact) mass is 419 g/mol. The van der Waals surface area contributed by atoms with E-state index in [9.17, 15) is 4.79 Å². The van der Waals surface area contributed by atoms with Crippen LogP contribution in [0.5, 0.6) is 5.75 Å². The standard InChI is InChI=1S/C26H33N3O2/c1-5-25(30)27-17-16-24-28-22-10-6-7-11-23(22)29(24)18-8-9-19-31-21-14-12-20(13-15-21)26(2,3)4/h5-7,10-15H,1,8-9,16-19H2,2-4H3,(H,27,30). The van der Waals surface area contributed by atoms with Gasteiger partial charge in [-0.15, -0.1) is 0 Å². The average Bonchev–Trinajstić information content (AvgIpc) is 3.10. The summed E-state index contributed by atoms with van der Waals surface area (Å²) in [4.78, 5) is 16.2. The van der Waals surface area contributed by atoms with Crippen molar-refractivity contribution < 1.29 is 9.53 Å². The van der Waals surface area contributed by atoms with Crippen LogP contribution in [0.4, 0.5) is 0 Å². The molecular formula is C26H33N3O2. The molecule has 0 atom stereocenters. The molecule has 3 rings (SSSR count). The number of ether oxygens (including phenoxy) is 1. The number of carbonyl (C=O) groups excluding carboxylic acids is 1. The summed E-state index contributed by atoms with van der Waals surface area (Å²) >= 11 is 0. The van der Waals surface area contributed by atoms with Gasteiger partial charge in [0.15, 0.2) is 0 Å². The summed E-state index contributed by atoms with van der Waals surface area (Å²) in [6, 6.07) is 16.6. The minimum Gasteiger partial charge on any atom is -0.494 e. The molecule has 0 unspecified atom stereocenters. The fourth-order valence-corrected chi connectivity index (χ4v) is 3.55. The second-order valence-corrected chi connectivity index (χ2v) is 8.74. The Morgan fingerprint density at radius 3 is 2.58 bits per heavy atom. The van der Waals surface area contributed by atoms with Crippen molar-refractivity contribution in [2.24, 2.45) is 0 Å². The van der Waals surface area contributed by atoms with Crippen LogP contribution in [0, 0.1) is 0 Å². The van der Waals surface area contributed by atoms with Crippen LogP contribution in [0.2, 0.25) is 0 Å². The van der Waals surface area contributed by atoms with E-state index in [0.29, 0.717) is 19.6 Å². The molecule has 0 radical (unpaired) electrons. The van der Waals surface area contributed by atoms with Crippen LogP contribution in [0.15, 0.2) is 61.2 Å². The first-order chi connectivity index (χ1) is 14.9. The summed E-state index contributed by atoms with van der Waals surface area (Å²) in [6.45, 7) is 12.2. The van der Waals surface area contributed by atoms with Gasteiger partial charge in [0.25, 0.3) is 0 Å². The van der Waals surface area contributed by atoms with Crippen molar-refractivity contribution >= 4 is 16.9 Å². The summed E-state index contributed by atoms with van der Waals surface area (Å²) in [6.07, 6.45) is 3.93. The maximum absolute atomic E-state index is 11.4. The third-order valence-corrected chi connectivity index (χ3v) is 5.33. The lowest BCUT2D eigenvalue weighted by molar-refractivity contribution is -0.116. The van der Waals surface area contributed by atoms with Crippen molar-refractivity contribution in [2.45, 2.75) is 52.0 Å². The van der Waals surface area contributed by atoms with Crippen LogP contribution in [0.1, 0.15) is 45.0 Å². The van der Waals surface area contributed by atoms with Crippen LogP contribution in [0.25, 0.3) is 11.0 Å². The molecule has 5 nitrogen and oxygen atoms in total. The number of rotatable bonds is 10. The summed E-state index contributed by atoms with van der Waals surface area (Å²) < 4.78 is 8.19. The number of amides is 1. The predicted octanol–water partition coefficient (Wildman–Crippen LogP) is 5.04. The van der Waals surface area contributed by atoms with E-state index in [4.69, 9.17) is 9.72 Å². The van der Waals surface area contributed by atoms with Crippen molar-refractivity contribution in [3.8, 4) is 5.75 Å². The highest BCUT2D eigenvalue weighted by molar-refractivity contribution is 5.86. The molecule has 1 heterocycles.